The molecule has 0 aliphatic heterocycles. The van der Waals surface area contributed by atoms with Crippen LogP contribution in [0.5, 0.6) is 0 Å². The van der Waals surface area contributed by atoms with Gasteiger partial charge >= 0.3 is 5.97 Å². The van der Waals surface area contributed by atoms with Crippen LogP contribution in [0.1, 0.15) is 43.6 Å². The molecule has 1 atom stereocenters. The Morgan fingerprint density at radius 3 is 2.66 bits per heavy atom. The highest BCUT2D eigenvalue weighted by atomic mass is 35.5. The summed E-state index contributed by atoms with van der Waals surface area (Å²) in [6, 6.07) is 8.71. The Bertz CT molecular complexity index is 1350. The number of carbonyl (C=O) groups excluding carboxylic acids is 1. The number of nitrogens with zero attached hydrogens (tertiary/aromatic N) is 3. The van der Waals surface area contributed by atoms with Crippen LogP contribution in [0.3, 0.4) is 0 Å². The van der Waals surface area contributed by atoms with E-state index in [4.69, 9.17) is 16.6 Å². The number of aromatic nitrogens is 4. The van der Waals surface area contributed by atoms with Crippen molar-refractivity contribution < 1.29 is 14.7 Å². The van der Waals surface area contributed by atoms with Crippen molar-refractivity contribution in [2.75, 3.05) is 7.05 Å². The number of carboxylic acid groups (broad SMARTS) is 1. The van der Waals surface area contributed by atoms with Crippen LogP contribution in [0.2, 0.25) is 5.02 Å². The van der Waals surface area contributed by atoms with Crippen molar-refractivity contribution in [3.63, 3.8) is 0 Å². The van der Waals surface area contributed by atoms with E-state index in [0.29, 0.717) is 22.4 Å². The van der Waals surface area contributed by atoms with Crippen LogP contribution in [0, 0.1) is 5.41 Å². The van der Waals surface area contributed by atoms with Crippen molar-refractivity contribution >= 4 is 45.4 Å². The van der Waals surface area contributed by atoms with E-state index in [1.807, 2.05) is 43.5 Å². The lowest BCUT2D eigenvalue weighted by atomic mass is 9.84. The molecule has 0 spiro atoms. The van der Waals surface area contributed by atoms with Crippen molar-refractivity contribution in [2.24, 2.45) is 5.41 Å². The molecule has 2 aromatic heterocycles. The Kier molecular flexibility index (Phi) is 5.42. The van der Waals surface area contributed by atoms with Gasteiger partial charge in [0.25, 0.3) is 5.91 Å². The Morgan fingerprint density at radius 2 is 2.00 bits per heavy atom. The number of hydrogen-bond acceptors (Lipinski definition) is 4. The summed E-state index contributed by atoms with van der Waals surface area (Å²) in [4.78, 5) is 28.9. The van der Waals surface area contributed by atoms with Crippen LogP contribution in [0.4, 0.5) is 0 Å². The van der Waals surface area contributed by atoms with E-state index in [-0.39, 0.29) is 17.4 Å². The largest absolute Gasteiger partial charge is 0.481 e. The SMILES string of the molecule is CNC(=O)c1cc2nc(-c3ccc4cn[nH]c4c3)n([C@@H](CC(=O)O)C(C)(C)C)c2cc1Cl. The number of carboxylic acids is 1. The molecule has 0 fully saturated rings. The summed E-state index contributed by atoms with van der Waals surface area (Å²) in [6.07, 6.45) is 1.64. The molecule has 0 saturated carbocycles. The summed E-state index contributed by atoms with van der Waals surface area (Å²) in [5, 5.41) is 20.5. The quantitative estimate of drug-likeness (QED) is 0.407. The molecule has 4 rings (SSSR count). The number of amides is 1. The third kappa shape index (κ3) is 3.82. The lowest BCUT2D eigenvalue weighted by Crippen LogP contribution is -2.27. The van der Waals surface area contributed by atoms with Gasteiger partial charge in [-0.25, -0.2) is 4.98 Å². The molecule has 0 unspecified atom stereocenters. The first kappa shape index (κ1) is 21.8. The summed E-state index contributed by atoms with van der Waals surface area (Å²) >= 11 is 6.46. The van der Waals surface area contributed by atoms with Crippen LogP contribution in [0.25, 0.3) is 33.3 Å². The molecule has 0 saturated heterocycles. The van der Waals surface area contributed by atoms with E-state index in [9.17, 15) is 14.7 Å². The number of hydrogen-bond donors (Lipinski definition) is 3. The highest BCUT2D eigenvalue weighted by molar-refractivity contribution is 6.34. The molecule has 0 aliphatic carbocycles. The number of fused-ring (bicyclic) bond motifs is 2. The van der Waals surface area contributed by atoms with E-state index in [1.54, 1.807) is 18.3 Å². The molecule has 0 bridgehead atoms. The summed E-state index contributed by atoms with van der Waals surface area (Å²) in [7, 11) is 1.54. The molecule has 32 heavy (non-hydrogen) atoms. The van der Waals surface area contributed by atoms with Gasteiger partial charge in [-0.15, -0.1) is 0 Å². The first-order chi connectivity index (χ1) is 15.1. The number of imidazole rings is 1. The second-order valence-electron chi connectivity index (χ2n) is 8.86. The minimum Gasteiger partial charge on any atom is -0.481 e. The predicted octanol–water partition coefficient (Wildman–Crippen LogP) is 4.65. The molecule has 4 aromatic rings. The number of H-pyrrole nitrogens is 1. The number of aliphatic carboxylic acids is 1. The van der Waals surface area contributed by atoms with Crippen LogP contribution < -0.4 is 5.32 Å². The zero-order valence-electron chi connectivity index (χ0n) is 18.2. The second kappa shape index (κ2) is 7.94. The summed E-state index contributed by atoms with van der Waals surface area (Å²) < 4.78 is 1.93. The Morgan fingerprint density at radius 1 is 1.25 bits per heavy atom. The van der Waals surface area contributed by atoms with Gasteiger partial charge in [-0.3, -0.25) is 14.7 Å². The topological polar surface area (TPSA) is 113 Å². The lowest BCUT2D eigenvalue weighted by molar-refractivity contribution is -0.138. The second-order valence-corrected chi connectivity index (χ2v) is 9.26. The van der Waals surface area contributed by atoms with Crippen molar-refractivity contribution in [1.29, 1.82) is 0 Å². The maximum Gasteiger partial charge on any atom is 0.305 e. The monoisotopic (exact) mass is 453 g/mol. The Hall–Kier alpha value is -3.39. The first-order valence-corrected chi connectivity index (χ1v) is 10.6. The predicted molar refractivity (Wildman–Crippen MR) is 124 cm³/mol. The van der Waals surface area contributed by atoms with E-state index in [2.05, 4.69) is 15.5 Å². The number of rotatable bonds is 5. The van der Waals surface area contributed by atoms with Crippen LogP contribution in [0.15, 0.2) is 36.5 Å². The zero-order valence-corrected chi connectivity index (χ0v) is 19.0. The minimum atomic E-state index is -0.908. The number of benzene rings is 2. The fourth-order valence-corrected chi connectivity index (χ4v) is 4.21. The summed E-state index contributed by atoms with van der Waals surface area (Å²) in [5.41, 5.74) is 2.79. The van der Waals surface area contributed by atoms with Crippen molar-refractivity contribution in [1.82, 2.24) is 25.1 Å². The highest BCUT2D eigenvalue weighted by Gasteiger charge is 2.33. The zero-order chi connectivity index (χ0) is 23.2. The summed E-state index contributed by atoms with van der Waals surface area (Å²) in [5.74, 6) is -0.623. The number of nitrogens with one attached hydrogen (secondary N) is 2. The van der Waals surface area contributed by atoms with Gasteiger partial charge in [0.05, 0.1) is 45.8 Å². The molecule has 8 nitrogen and oxygen atoms in total. The van der Waals surface area contributed by atoms with Gasteiger partial charge in [-0.1, -0.05) is 44.5 Å². The van der Waals surface area contributed by atoms with Crippen LogP contribution in [-0.2, 0) is 4.79 Å². The van der Waals surface area contributed by atoms with Gasteiger partial charge < -0.3 is 15.0 Å². The minimum absolute atomic E-state index is 0.0942. The molecule has 2 heterocycles. The Labute approximate surface area is 189 Å². The third-order valence-electron chi connectivity index (χ3n) is 5.63. The van der Waals surface area contributed by atoms with E-state index in [1.165, 1.54) is 7.05 Å². The molecular formula is C23H24ClN5O3. The number of aromatic amines is 1. The van der Waals surface area contributed by atoms with Gasteiger partial charge in [0.15, 0.2) is 0 Å². The lowest BCUT2D eigenvalue weighted by Gasteiger charge is -2.32. The van der Waals surface area contributed by atoms with E-state index in [0.717, 1.165) is 16.5 Å². The normalized spacial score (nSPS) is 12.9. The van der Waals surface area contributed by atoms with Crippen LogP contribution >= 0.6 is 11.6 Å². The third-order valence-corrected chi connectivity index (χ3v) is 5.94. The average molecular weight is 454 g/mol. The van der Waals surface area contributed by atoms with E-state index >= 15 is 0 Å². The highest BCUT2D eigenvalue weighted by Crippen LogP contribution is 2.41. The molecule has 1 amide bonds. The molecule has 2 aromatic carbocycles. The van der Waals surface area contributed by atoms with Gasteiger partial charge in [-0.05, 0) is 23.6 Å². The molecule has 166 valence electrons. The van der Waals surface area contributed by atoms with Crippen molar-refractivity contribution in [2.45, 2.75) is 33.2 Å². The fourth-order valence-electron chi connectivity index (χ4n) is 3.97. The Balaban J connectivity index is 2.05. The molecule has 3 N–H and O–H groups in total. The smallest absolute Gasteiger partial charge is 0.305 e. The van der Waals surface area contributed by atoms with Crippen LogP contribution in [-0.4, -0.2) is 43.8 Å². The molecule has 9 heteroatoms. The molecular weight excluding hydrogens is 430 g/mol. The van der Waals surface area contributed by atoms with Crippen molar-refractivity contribution in [3.05, 3.63) is 47.1 Å². The number of halogens is 1. The fraction of sp³-hybridized carbons (Fsp3) is 0.304. The van der Waals surface area contributed by atoms with Crippen molar-refractivity contribution in [3.8, 4) is 11.4 Å². The maximum absolute atomic E-state index is 12.3. The maximum atomic E-state index is 12.3. The van der Waals surface area contributed by atoms with E-state index < -0.39 is 17.4 Å². The van der Waals surface area contributed by atoms with Gasteiger partial charge in [0.2, 0.25) is 0 Å². The first-order valence-electron chi connectivity index (χ1n) is 10.2. The molecule has 0 aliphatic rings. The average Bonchev–Trinajstić information content (AvgIpc) is 3.33. The van der Waals surface area contributed by atoms with Gasteiger partial charge in [0.1, 0.15) is 5.82 Å². The van der Waals surface area contributed by atoms with Gasteiger partial charge in [0, 0.05) is 18.0 Å². The standard InChI is InChI=1S/C23H24ClN5O3/c1-23(2,3)19(10-20(30)31)29-18-9-15(24)14(22(32)25-4)8-17(18)27-21(29)12-5-6-13-11-26-28-16(13)7-12/h5-9,11,19H,10H2,1-4H3,(H,25,32)(H,26,28)(H,30,31)/t19-/m0/s1. The van der Waals surface area contributed by atoms with Gasteiger partial charge in [-0.2, -0.15) is 5.10 Å². The molecule has 0 radical (unpaired) electrons. The summed E-state index contributed by atoms with van der Waals surface area (Å²) in [6.45, 7) is 5.98. The number of carbonyl (C=O) groups is 2.